The van der Waals surface area contributed by atoms with Gasteiger partial charge in [-0.1, -0.05) is 58.8 Å². The van der Waals surface area contributed by atoms with E-state index >= 15 is 0 Å². The summed E-state index contributed by atoms with van der Waals surface area (Å²) < 4.78 is 1.22. The second-order valence-corrected chi connectivity index (χ2v) is 8.76. The molecule has 0 aromatic carbocycles. The highest BCUT2D eigenvalue weighted by molar-refractivity contribution is 4.66. The molecule has 0 spiro atoms. The predicted octanol–water partition coefficient (Wildman–Crippen LogP) is 6.10. The van der Waals surface area contributed by atoms with Crippen molar-refractivity contribution in [2.24, 2.45) is 0 Å². The summed E-state index contributed by atoms with van der Waals surface area (Å²) in [5, 5.41) is 0. The smallest absolute Gasteiger partial charge is 0.0782 e. The molecule has 0 rings (SSSR count). The lowest BCUT2D eigenvalue weighted by Crippen LogP contribution is -2.41. The van der Waals surface area contributed by atoms with E-state index in [1.165, 1.54) is 101 Å². The summed E-state index contributed by atoms with van der Waals surface area (Å²) in [6, 6.07) is 0.804. The third-order valence-electron chi connectivity index (χ3n) is 5.54. The molecule has 2 nitrogen and oxygen atoms in total. The first kappa shape index (κ1) is 23.9. The van der Waals surface area contributed by atoms with Crippen molar-refractivity contribution < 1.29 is 4.48 Å². The normalized spacial score (nSPS) is 13.6. The second kappa shape index (κ2) is 15.2. The Balaban J connectivity index is 3.75. The van der Waals surface area contributed by atoms with E-state index in [-0.39, 0.29) is 0 Å². The Morgan fingerprint density at radius 1 is 0.625 bits per heavy atom. The maximum absolute atomic E-state index is 2.46. The van der Waals surface area contributed by atoms with E-state index in [4.69, 9.17) is 0 Å². The summed E-state index contributed by atoms with van der Waals surface area (Å²) in [6.07, 6.45) is 18.2. The Bertz CT molecular complexity index is 261. The molecule has 1 atom stereocenters. The van der Waals surface area contributed by atoms with Crippen molar-refractivity contribution in [3.8, 4) is 0 Å². The summed E-state index contributed by atoms with van der Waals surface area (Å²) in [4.78, 5) is 2.46. The molecule has 0 saturated carbocycles. The van der Waals surface area contributed by atoms with Gasteiger partial charge in [-0.05, 0) is 52.6 Å². The monoisotopic (exact) mass is 341 g/mol. The van der Waals surface area contributed by atoms with Crippen molar-refractivity contribution in [3.63, 3.8) is 0 Å². The highest BCUT2D eigenvalue weighted by atomic mass is 15.3. The number of quaternary nitrogens is 1. The number of hydrogen-bond acceptors (Lipinski definition) is 1. The Hall–Kier alpha value is -0.0800. The molecule has 0 fully saturated rings. The molecule has 0 aliphatic heterocycles. The minimum absolute atomic E-state index is 0.804. The van der Waals surface area contributed by atoms with E-state index in [1.807, 2.05) is 0 Å². The van der Waals surface area contributed by atoms with Gasteiger partial charge in [0.05, 0.1) is 27.2 Å². The lowest BCUT2D eigenvalue weighted by Gasteiger charge is -2.30. The molecular formula is C22H49N2+. The lowest BCUT2D eigenvalue weighted by atomic mass is 10.0. The topological polar surface area (TPSA) is 3.24 Å². The lowest BCUT2D eigenvalue weighted by molar-refractivity contribution is -0.890. The molecule has 0 aromatic rings. The van der Waals surface area contributed by atoms with Gasteiger partial charge in [0, 0.05) is 6.04 Å². The quantitative estimate of drug-likeness (QED) is 0.228. The molecule has 0 heterocycles. The van der Waals surface area contributed by atoms with Crippen LogP contribution in [0.3, 0.4) is 0 Å². The van der Waals surface area contributed by atoms with Gasteiger partial charge in [0.1, 0.15) is 0 Å². The van der Waals surface area contributed by atoms with Crippen LogP contribution in [0.2, 0.25) is 0 Å². The summed E-state index contributed by atoms with van der Waals surface area (Å²) in [7, 11) is 9.37. The van der Waals surface area contributed by atoms with Gasteiger partial charge in [0.2, 0.25) is 0 Å². The fourth-order valence-electron chi connectivity index (χ4n) is 3.64. The van der Waals surface area contributed by atoms with Crippen LogP contribution in [0.5, 0.6) is 0 Å². The predicted molar refractivity (Wildman–Crippen MR) is 111 cm³/mol. The minimum atomic E-state index is 0.804. The Kier molecular flexibility index (Phi) is 15.1. The number of hydrogen-bond donors (Lipinski definition) is 0. The van der Waals surface area contributed by atoms with Crippen molar-refractivity contribution in [1.29, 1.82) is 0 Å². The van der Waals surface area contributed by atoms with Crippen molar-refractivity contribution in [2.45, 2.75) is 103 Å². The van der Waals surface area contributed by atoms with E-state index in [0.717, 1.165) is 6.04 Å². The number of rotatable bonds is 17. The number of unbranched alkanes of at least 4 members (excludes halogenated alkanes) is 8. The molecule has 0 aliphatic carbocycles. The molecule has 0 N–H and O–H groups in total. The summed E-state index contributed by atoms with van der Waals surface area (Å²) in [6.45, 7) is 7.31. The zero-order valence-corrected chi connectivity index (χ0v) is 18.1. The van der Waals surface area contributed by atoms with E-state index in [9.17, 15) is 0 Å². The highest BCUT2D eigenvalue weighted by Gasteiger charge is 2.14. The number of nitrogens with zero attached hydrogens (tertiary/aromatic N) is 2. The van der Waals surface area contributed by atoms with Crippen LogP contribution in [0.1, 0.15) is 97.3 Å². The SMILES string of the molecule is CCCCCCC(CCCCC[N+](C)(C)CCCCCC)N(C)C. The Morgan fingerprint density at radius 3 is 1.46 bits per heavy atom. The minimum Gasteiger partial charge on any atom is -0.328 e. The molecule has 0 aliphatic rings. The summed E-state index contributed by atoms with van der Waals surface area (Å²) in [5.41, 5.74) is 0. The molecule has 146 valence electrons. The van der Waals surface area contributed by atoms with Crippen LogP contribution in [0, 0.1) is 0 Å². The van der Waals surface area contributed by atoms with E-state index in [1.54, 1.807) is 0 Å². The van der Waals surface area contributed by atoms with Crippen molar-refractivity contribution in [2.75, 3.05) is 41.3 Å². The van der Waals surface area contributed by atoms with Crippen LogP contribution < -0.4 is 0 Å². The van der Waals surface area contributed by atoms with Gasteiger partial charge in [-0.25, -0.2) is 0 Å². The molecule has 0 bridgehead atoms. The van der Waals surface area contributed by atoms with Crippen molar-refractivity contribution in [1.82, 2.24) is 4.90 Å². The van der Waals surface area contributed by atoms with Crippen LogP contribution >= 0.6 is 0 Å². The third kappa shape index (κ3) is 14.3. The van der Waals surface area contributed by atoms with Gasteiger partial charge < -0.3 is 9.38 Å². The van der Waals surface area contributed by atoms with Gasteiger partial charge in [-0.15, -0.1) is 0 Å². The Morgan fingerprint density at radius 2 is 1.04 bits per heavy atom. The third-order valence-corrected chi connectivity index (χ3v) is 5.54. The van der Waals surface area contributed by atoms with Gasteiger partial charge in [0.25, 0.3) is 0 Å². The van der Waals surface area contributed by atoms with Gasteiger partial charge in [0.15, 0.2) is 0 Å². The highest BCUT2D eigenvalue weighted by Crippen LogP contribution is 2.16. The molecule has 1 unspecified atom stereocenters. The molecule has 24 heavy (non-hydrogen) atoms. The molecule has 0 amide bonds. The molecule has 2 heteroatoms. The molecule has 0 saturated heterocycles. The first-order valence-electron chi connectivity index (χ1n) is 10.9. The average Bonchev–Trinajstić information content (AvgIpc) is 2.53. The maximum atomic E-state index is 2.46. The van der Waals surface area contributed by atoms with Gasteiger partial charge in [-0.2, -0.15) is 0 Å². The van der Waals surface area contributed by atoms with Crippen LogP contribution in [-0.2, 0) is 0 Å². The summed E-state index contributed by atoms with van der Waals surface area (Å²) in [5.74, 6) is 0. The van der Waals surface area contributed by atoms with E-state index < -0.39 is 0 Å². The summed E-state index contributed by atoms with van der Waals surface area (Å²) >= 11 is 0. The first-order valence-corrected chi connectivity index (χ1v) is 10.9. The second-order valence-electron chi connectivity index (χ2n) is 8.76. The fraction of sp³-hybridized carbons (Fsp3) is 1.00. The van der Waals surface area contributed by atoms with Crippen LogP contribution in [0.25, 0.3) is 0 Å². The van der Waals surface area contributed by atoms with Crippen LogP contribution in [0.4, 0.5) is 0 Å². The van der Waals surface area contributed by atoms with Gasteiger partial charge in [-0.3, -0.25) is 0 Å². The fourth-order valence-corrected chi connectivity index (χ4v) is 3.64. The van der Waals surface area contributed by atoms with E-state index in [0.29, 0.717) is 0 Å². The van der Waals surface area contributed by atoms with Crippen LogP contribution in [-0.4, -0.2) is 56.7 Å². The molecular weight excluding hydrogens is 292 g/mol. The maximum Gasteiger partial charge on any atom is 0.0782 e. The zero-order valence-electron chi connectivity index (χ0n) is 18.1. The Labute approximate surface area is 154 Å². The average molecular weight is 342 g/mol. The van der Waals surface area contributed by atoms with E-state index in [2.05, 4.69) is 46.9 Å². The molecule has 0 radical (unpaired) electrons. The zero-order chi connectivity index (χ0) is 18.3. The van der Waals surface area contributed by atoms with Crippen LogP contribution in [0.15, 0.2) is 0 Å². The standard InChI is InChI=1S/C22H49N2/c1-7-9-11-14-18-22(23(3)4)19-15-13-17-21-24(5,6)20-16-12-10-8-2/h22H,7-21H2,1-6H3/q+1. The largest absolute Gasteiger partial charge is 0.328 e. The molecule has 0 aromatic heterocycles. The van der Waals surface area contributed by atoms with Crippen molar-refractivity contribution >= 4 is 0 Å². The van der Waals surface area contributed by atoms with Crippen molar-refractivity contribution in [3.05, 3.63) is 0 Å². The first-order chi connectivity index (χ1) is 11.4. The van der Waals surface area contributed by atoms with Gasteiger partial charge >= 0.3 is 0 Å².